The van der Waals surface area contributed by atoms with Crippen molar-refractivity contribution >= 4 is 37.7 Å². The van der Waals surface area contributed by atoms with Crippen LogP contribution in [0, 0.1) is 0 Å². The van der Waals surface area contributed by atoms with Crippen LogP contribution in [0.2, 0.25) is 0 Å². The summed E-state index contributed by atoms with van der Waals surface area (Å²) >= 11 is 3.21. The first-order valence-corrected chi connectivity index (χ1v) is 8.91. The molecule has 124 valence electrons. The summed E-state index contributed by atoms with van der Waals surface area (Å²) in [6.07, 6.45) is 1.99. The number of carbonyl (C=O) groups is 1. The maximum Gasteiger partial charge on any atom is 0.405 e. The molecule has 1 amide bonds. The second kappa shape index (κ2) is 7.14. The smallest absolute Gasteiger partial charge is 0.405 e. The zero-order chi connectivity index (χ0) is 17.0. The average molecular weight is 396 g/mol. The Balaban J connectivity index is 2.75. The molecular weight excluding hydrogens is 378 g/mol. The van der Waals surface area contributed by atoms with Crippen LogP contribution in [0.1, 0.15) is 20.3 Å². The number of nitrogens with two attached hydrogens (primary N) is 1. The summed E-state index contributed by atoms with van der Waals surface area (Å²) in [5.74, 6) is 0.128. The molecule has 0 saturated carbocycles. The summed E-state index contributed by atoms with van der Waals surface area (Å²) in [6, 6.07) is 1.54. The van der Waals surface area contributed by atoms with Gasteiger partial charge in [-0.2, -0.15) is 0 Å². The number of hydrogen-bond acceptors (Lipinski definition) is 6. The minimum Gasteiger partial charge on any atom is -0.476 e. The van der Waals surface area contributed by atoms with Crippen molar-refractivity contribution in [3.05, 3.63) is 16.7 Å². The molecule has 0 aliphatic rings. The minimum atomic E-state index is -3.46. The molecule has 8 nitrogen and oxygen atoms in total. The quantitative estimate of drug-likeness (QED) is 0.726. The number of aromatic nitrogens is 1. The van der Waals surface area contributed by atoms with Crippen molar-refractivity contribution in [1.82, 2.24) is 4.98 Å². The number of amides is 1. The fourth-order valence-corrected chi connectivity index (χ4v) is 2.41. The van der Waals surface area contributed by atoms with Crippen LogP contribution < -0.4 is 15.2 Å². The standard InChI is InChI=1S/C12H18BrN3O5S/c1-12(2,21-11(14)17)4-5-20-10-9(16-22(3,18)19)6-8(13)7-15-10/h6-7,16H,4-5H2,1-3H3,(H2,14,17). The molecule has 0 aliphatic carbocycles. The van der Waals surface area contributed by atoms with E-state index in [4.69, 9.17) is 15.2 Å². The molecule has 0 bridgehead atoms. The highest BCUT2D eigenvalue weighted by atomic mass is 79.9. The average Bonchev–Trinajstić information content (AvgIpc) is 2.28. The number of hydrogen-bond donors (Lipinski definition) is 2. The van der Waals surface area contributed by atoms with E-state index in [9.17, 15) is 13.2 Å². The fraction of sp³-hybridized carbons (Fsp3) is 0.500. The molecule has 1 heterocycles. The topological polar surface area (TPSA) is 121 Å². The van der Waals surface area contributed by atoms with Gasteiger partial charge in [0.05, 0.1) is 12.9 Å². The van der Waals surface area contributed by atoms with Gasteiger partial charge in [0.1, 0.15) is 11.3 Å². The maximum absolute atomic E-state index is 11.3. The zero-order valence-corrected chi connectivity index (χ0v) is 14.8. The highest BCUT2D eigenvalue weighted by Crippen LogP contribution is 2.27. The van der Waals surface area contributed by atoms with E-state index in [0.29, 0.717) is 10.9 Å². The first-order valence-electron chi connectivity index (χ1n) is 6.23. The number of nitrogens with one attached hydrogen (secondary N) is 1. The van der Waals surface area contributed by atoms with Gasteiger partial charge in [0.25, 0.3) is 0 Å². The number of halogens is 1. The molecule has 0 spiro atoms. The van der Waals surface area contributed by atoms with E-state index in [1.54, 1.807) is 13.8 Å². The van der Waals surface area contributed by atoms with Crippen molar-refractivity contribution in [2.45, 2.75) is 25.9 Å². The van der Waals surface area contributed by atoms with Crippen molar-refractivity contribution in [1.29, 1.82) is 0 Å². The van der Waals surface area contributed by atoms with Crippen molar-refractivity contribution in [3.8, 4) is 5.88 Å². The summed E-state index contributed by atoms with van der Waals surface area (Å²) < 4.78 is 36.0. The van der Waals surface area contributed by atoms with Gasteiger partial charge in [-0.15, -0.1) is 0 Å². The number of anilines is 1. The Bertz CT molecular complexity index is 648. The molecule has 0 aromatic carbocycles. The maximum atomic E-state index is 11.3. The predicted octanol–water partition coefficient (Wildman–Crippen LogP) is 1.86. The first-order chi connectivity index (χ1) is 9.98. The molecule has 1 aromatic heterocycles. The zero-order valence-electron chi connectivity index (χ0n) is 12.4. The van der Waals surface area contributed by atoms with Crippen molar-refractivity contribution in [2.75, 3.05) is 17.6 Å². The second-order valence-corrected chi connectivity index (χ2v) is 7.82. The fourth-order valence-electron chi connectivity index (χ4n) is 1.53. The van der Waals surface area contributed by atoms with Gasteiger partial charge in [-0.1, -0.05) is 0 Å². The van der Waals surface area contributed by atoms with Crippen LogP contribution in [-0.2, 0) is 14.8 Å². The number of ether oxygens (including phenoxy) is 2. The Labute approximate surface area is 137 Å². The molecule has 0 unspecified atom stereocenters. The van der Waals surface area contributed by atoms with Crippen LogP contribution in [-0.4, -0.2) is 38.0 Å². The number of nitrogens with zero attached hydrogens (tertiary/aromatic N) is 1. The Morgan fingerprint density at radius 1 is 1.50 bits per heavy atom. The van der Waals surface area contributed by atoms with E-state index in [1.165, 1.54) is 12.3 Å². The normalized spacial score (nSPS) is 11.8. The van der Waals surface area contributed by atoms with Crippen molar-refractivity contribution < 1.29 is 22.7 Å². The second-order valence-electron chi connectivity index (χ2n) is 5.16. The van der Waals surface area contributed by atoms with Gasteiger partial charge in [0.15, 0.2) is 0 Å². The van der Waals surface area contributed by atoms with Gasteiger partial charge >= 0.3 is 6.09 Å². The SMILES string of the molecule is CC(C)(CCOc1ncc(Br)cc1NS(C)(=O)=O)OC(N)=O. The Hall–Kier alpha value is -1.55. The lowest BCUT2D eigenvalue weighted by Gasteiger charge is -2.23. The molecule has 0 fully saturated rings. The van der Waals surface area contributed by atoms with Gasteiger partial charge in [-0.3, -0.25) is 4.72 Å². The number of rotatable bonds is 7. The molecule has 1 aromatic rings. The number of carbonyl (C=O) groups excluding carboxylic acids is 1. The predicted molar refractivity (Wildman–Crippen MR) is 85.3 cm³/mol. The molecule has 0 atom stereocenters. The van der Waals surface area contributed by atoms with E-state index in [-0.39, 0.29) is 18.2 Å². The molecule has 22 heavy (non-hydrogen) atoms. The largest absolute Gasteiger partial charge is 0.476 e. The van der Waals surface area contributed by atoms with E-state index in [2.05, 4.69) is 25.6 Å². The summed E-state index contributed by atoms with van der Waals surface area (Å²) in [6.45, 7) is 3.53. The van der Waals surface area contributed by atoms with Gasteiger partial charge in [-0.25, -0.2) is 18.2 Å². The van der Waals surface area contributed by atoms with Crippen molar-refractivity contribution in [3.63, 3.8) is 0 Å². The highest BCUT2D eigenvalue weighted by molar-refractivity contribution is 9.10. The monoisotopic (exact) mass is 395 g/mol. The lowest BCUT2D eigenvalue weighted by atomic mass is 10.1. The lowest BCUT2D eigenvalue weighted by Crippen LogP contribution is -2.32. The molecule has 0 aliphatic heterocycles. The summed E-state index contributed by atoms with van der Waals surface area (Å²) in [5, 5.41) is 0. The summed E-state index contributed by atoms with van der Waals surface area (Å²) in [5.41, 5.74) is 4.39. The molecule has 1 rings (SSSR count). The minimum absolute atomic E-state index is 0.128. The van der Waals surface area contributed by atoms with E-state index in [0.717, 1.165) is 6.26 Å². The van der Waals surface area contributed by atoms with Gasteiger partial charge in [0, 0.05) is 17.1 Å². The molecular formula is C12H18BrN3O5S. The van der Waals surface area contributed by atoms with Crippen molar-refractivity contribution in [2.24, 2.45) is 5.73 Å². The number of sulfonamides is 1. The van der Waals surface area contributed by atoms with E-state index >= 15 is 0 Å². The number of pyridine rings is 1. The summed E-state index contributed by atoms with van der Waals surface area (Å²) in [7, 11) is -3.46. The third-order valence-electron chi connectivity index (χ3n) is 2.43. The Morgan fingerprint density at radius 2 is 2.14 bits per heavy atom. The third-order valence-corrected chi connectivity index (χ3v) is 3.46. The number of primary amides is 1. The van der Waals surface area contributed by atoms with Gasteiger partial charge in [0.2, 0.25) is 15.9 Å². The first kappa shape index (κ1) is 18.5. The summed E-state index contributed by atoms with van der Waals surface area (Å²) in [4.78, 5) is 14.8. The van der Waals surface area contributed by atoms with Gasteiger partial charge in [-0.05, 0) is 35.8 Å². The third kappa shape index (κ3) is 6.94. The van der Waals surface area contributed by atoms with E-state index in [1.807, 2.05) is 0 Å². The van der Waals surface area contributed by atoms with Crippen LogP contribution in [0.4, 0.5) is 10.5 Å². The van der Waals surface area contributed by atoms with Crippen LogP contribution in [0.5, 0.6) is 5.88 Å². The van der Waals surface area contributed by atoms with Gasteiger partial charge < -0.3 is 15.2 Å². The molecule has 0 radical (unpaired) electrons. The Kier molecular flexibility index (Phi) is 6.00. The highest BCUT2D eigenvalue weighted by Gasteiger charge is 2.22. The lowest BCUT2D eigenvalue weighted by molar-refractivity contribution is 0.0289. The molecule has 3 N–H and O–H groups in total. The molecule has 10 heteroatoms. The van der Waals surface area contributed by atoms with Crippen LogP contribution >= 0.6 is 15.9 Å². The van der Waals surface area contributed by atoms with Crippen LogP contribution in [0.15, 0.2) is 16.7 Å². The molecule has 0 saturated heterocycles. The Morgan fingerprint density at radius 3 is 2.68 bits per heavy atom. The van der Waals surface area contributed by atoms with Crippen LogP contribution in [0.25, 0.3) is 0 Å². The van der Waals surface area contributed by atoms with E-state index < -0.39 is 21.7 Å². The van der Waals surface area contributed by atoms with Crippen LogP contribution in [0.3, 0.4) is 0 Å².